The number of aromatic nitrogens is 3. The van der Waals surface area contributed by atoms with Crippen LogP contribution in [-0.4, -0.2) is 39.7 Å². The molecule has 166 valence electrons. The third-order valence-electron chi connectivity index (χ3n) is 4.10. The van der Waals surface area contributed by atoms with Gasteiger partial charge in [0.15, 0.2) is 5.82 Å². The van der Waals surface area contributed by atoms with Crippen LogP contribution in [0.1, 0.15) is 18.9 Å². The Hall–Kier alpha value is -2.70. The lowest BCUT2D eigenvalue weighted by atomic mass is 10.2. The molecule has 0 radical (unpaired) electrons. The van der Waals surface area contributed by atoms with Crippen LogP contribution in [0, 0.1) is 6.92 Å². The highest BCUT2D eigenvalue weighted by Gasteiger charge is 2.44. The van der Waals surface area contributed by atoms with Gasteiger partial charge in [-0.3, -0.25) is 0 Å². The zero-order valence-corrected chi connectivity index (χ0v) is 17.9. The minimum atomic E-state index is -5.25. The van der Waals surface area contributed by atoms with Crippen molar-refractivity contribution in [2.75, 3.05) is 11.6 Å². The van der Waals surface area contributed by atoms with Crippen molar-refractivity contribution in [3.8, 4) is 5.88 Å². The number of carbonyl (C=O) groups is 1. The van der Waals surface area contributed by atoms with E-state index in [0.29, 0.717) is 38.1 Å². The second-order valence-corrected chi connectivity index (χ2v) is 7.98. The summed E-state index contributed by atoms with van der Waals surface area (Å²) in [5.41, 5.74) is 5.99. The number of alkyl halides is 3. The third kappa shape index (κ3) is 4.97. The van der Waals surface area contributed by atoms with Crippen molar-refractivity contribution >= 4 is 50.6 Å². The second kappa shape index (κ2) is 9.20. The zero-order chi connectivity index (χ0) is 22.8. The van der Waals surface area contributed by atoms with Crippen LogP contribution < -0.4 is 15.5 Å². The molecular formula is C18H17ClF3N5O3S. The van der Waals surface area contributed by atoms with Gasteiger partial charge in [0.2, 0.25) is 5.88 Å². The molecule has 1 unspecified atom stereocenters. The van der Waals surface area contributed by atoms with E-state index >= 15 is 0 Å². The maximum atomic E-state index is 13.0. The summed E-state index contributed by atoms with van der Waals surface area (Å²) in [6.45, 7) is 3.71. The Morgan fingerprint density at radius 2 is 2.10 bits per heavy atom. The largest absolute Gasteiger partial charge is 0.493 e. The van der Waals surface area contributed by atoms with Crippen LogP contribution in [0.2, 0.25) is 4.34 Å². The lowest BCUT2D eigenvalue weighted by Crippen LogP contribution is -2.33. The number of aryl methyl sites for hydroxylation is 1. The molecule has 0 aromatic carbocycles. The van der Waals surface area contributed by atoms with Gasteiger partial charge >= 0.3 is 12.1 Å². The van der Waals surface area contributed by atoms with Gasteiger partial charge < -0.3 is 15.3 Å². The van der Waals surface area contributed by atoms with Gasteiger partial charge in [-0.25, -0.2) is 19.7 Å². The first-order chi connectivity index (χ1) is 14.6. The minimum absolute atomic E-state index is 0.0642. The molecule has 0 saturated heterocycles. The van der Waals surface area contributed by atoms with E-state index in [0.717, 1.165) is 17.7 Å². The third-order valence-corrected chi connectivity index (χ3v) is 5.61. The van der Waals surface area contributed by atoms with Gasteiger partial charge in [-0.2, -0.15) is 13.2 Å². The zero-order valence-electron chi connectivity index (χ0n) is 16.3. The van der Waals surface area contributed by atoms with Gasteiger partial charge in [0.1, 0.15) is 16.8 Å². The summed E-state index contributed by atoms with van der Waals surface area (Å²) >= 11 is 7.30. The summed E-state index contributed by atoms with van der Waals surface area (Å²) in [6.07, 6.45) is -2.66. The average Bonchev–Trinajstić information content (AvgIpc) is 3.00. The Morgan fingerprint density at radius 1 is 1.35 bits per heavy atom. The van der Waals surface area contributed by atoms with E-state index in [4.69, 9.17) is 26.9 Å². The number of nitrogens with two attached hydrogens (primary N) is 1. The number of hydrogen-bond donors (Lipinski definition) is 1. The summed E-state index contributed by atoms with van der Waals surface area (Å²) in [7, 11) is 0. The molecule has 3 aromatic rings. The number of anilines is 2. The molecule has 0 aliphatic carbocycles. The summed E-state index contributed by atoms with van der Waals surface area (Å²) in [5, 5.41) is 0.963. The molecule has 0 aliphatic heterocycles. The van der Waals surface area contributed by atoms with Crippen LogP contribution in [0.4, 0.5) is 24.7 Å². The van der Waals surface area contributed by atoms with Crippen LogP contribution in [0.25, 0.3) is 10.2 Å². The maximum absolute atomic E-state index is 13.0. The number of pyridine rings is 1. The van der Waals surface area contributed by atoms with Crippen LogP contribution in [-0.2, 0) is 9.63 Å². The molecule has 0 amide bonds. The SMILES string of the molecule is Cc1c(Cl)sc2ncnc(N(OC(=O)C(F)(F)F)c3cccnc3OC(C)CCN)c12. The Labute approximate surface area is 183 Å². The van der Waals surface area contributed by atoms with Gasteiger partial charge in [0, 0.05) is 6.20 Å². The number of rotatable bonds is 7. The Balaban J connectivity index is 2.17. The van der Waals surface area contributed by atoms with Gasteiger partial charge in [-0.05, 0) is 44.5 Å². The van der Waals surface area contributed by atoms with Gasteiger partial charge in [0.25, 0.3) is 0 Å². The van der Waals surface area contributed by atoms with Crippen molar-refractivity contribution in [3.05, 3.63) is 34.6 Å². The number of fused-ring (bicyclic) bond motifs is 1. The van der Waals surface area contributed by atoms with Crippen molar-refractivity contribution in [2.24, 2.45) is 5.73 Å². The van der Waals surface area contributed by atoms with E-state index in [2.05, 4.69) is 15.0 Å². The van der Waals surface area contributed by atoms with Crippen LogP contribution in [0.3, 0.4) is 0 Å². The lowest BCUT2D eigenvalue weighted by molar-refractivity contribution is -0.199. The first kappa shape index (κ1) is 23.0. The molecule has 3 rings (SSSR count). The second-order valence-electron chi connectivity index (χ2n) is 6.38. The Bertz CT molecular complexity index is 1090. The van der Waals surface area contributed by atoms with Crippen molar-refractivity contribution in [1.29, 1.82) is 0 Å². The molecule has 3 heterocycles. The van der Waals surface area contributed by atoms with E-state index in [9.17, 15) is 18.0 Å². The van der Waals surface area contributed by atoms with E-state index in [-0.39, 0.29) is 17.4 Å². The number of carbonyl (C=O) groups excluding carboxylic acids is 1. The molecule has 2 N–H and O–H groups in total. The molecule has 0 aliphatic rings. The van der Waals surface area contributed by atoms with E-state index in [1.54, 1.807) is 13.8 Å². The van der Waals surface area contributed by atoms with Crippen molar-refractivity contribution < 1.29 is 27.5 Å². The highest BCUT2D eigenvalue weighted by atomic mass is 35.5. The van der Waals surface area contributed by atoms with Crippen LogP contribution in [0.15, 0.2) is 24.7 Å². The fourth-order valence-corrected chi connectivity index (χ4v) is 3.82. The fourth-order valence-electron chi connectivity index (χ4n) is 2.63. The van der Waals surface area contributed by atoms with Gasteiger partial charge in [-0.1, -0.05) is 11.6 Å². The molecule has 0 bridgehead atoms. The molecule has 0 spiro atoms. The Morgan fingerprint density at radius 3 is 2.77 bits per heavy atom. The summed E-state index contributed by atoms with van der Waals surface area (Å²) < 4.78 is 45.2. The lowest BCUT2D eigenvalue weighted by Gasteiger charge is -2.25. The molecule has 0 fully saturated rings. The van der Waals surface area contributed by atoms with E-state index in [1.165, 1.54) is 18.3 Å². The van der Waals surface area contributed by atoms with E-state index in [1.807, 2.05) is 0 Å². The van der Waals surface area contributed by atoms with E-state index < -0.39 is 18.2 Å². The summed E-state index contributed by atoms with van der Waals surface area (Å²) in [5.74, 6) is -2.63. The topological polar surface area (TPSA) is 103 Å². The van der Waals surface area contributed by atoms with Crippen molar-refractivity contribution in [3.63, 3.8) is 0 Å². The smallest absolute Gasteiger partial charge is 0.473 e. The quantitative estimate of drug-likeness (QED) is 0.504. The molecular weight excluding hydrogens is 459 g/mol. The van der Waals surface area contributed by atoms with Gasteiger partial charge in [-0.15, -0.1) is 16.4 Å². The monoisotopic (exact) mass is 475 g/mol. The van der Waals surface area contributed by atoms with Gasteiger partial charge in [0.05, 0.1) is 15.8 Å². The van der Waals surface area contributed by atoms with Crippen molar-refractivity contribution in [1.82, 2.24) is 15.0 Å². The Kier molecular flexibility index (Phi) is 6.82. The molecule has 8 nitrogen and oxygen atoms in total. The number of ether oxygens (including phenoxy) is 1. The highest BCUT2D eigenvalue weighted by molar-refractivity contribution is 7.22. The maximum Gasteiger partial charge on any atom is 0.493 e. The molecule has 31 heavy (non-hydrogen) atoms. The first-order valence-corrected chi connectivity index (χ1v) is 10.1. The highest BCUT2D eigenvalue weighted by Crippen LogP contribution is 2.42. The predicted octanol–water partition coefficient (Wildman–Crippen LogP) is 4.32. The number of hydrogen-bond acceptors (Lipinski definition) is 9. The minimum Gasteiger partial charge on any atom is -0.473 e. The first-order valence-electron chi connectivity index (χ1n) is 8.94. The standard InChI is InChI=1S/C18H17ClF3N5O3S/c1-9(5-6-23)29-15-11(4-3-7-24-15)27(30-17(28)18(20,21)22)14-12-10(2)13(19)31-16(12)26-8-25-14/h3-4,7-9H,5-6,23H2,1-2H3. The van der Waals surface area contributed by atoms with Crippen molar-refractivity contribution in [2.45, 2.75) is 32.5 Å². The molecule has 1 atom stereocenters. The molecule has 3 aromatic heterocycles. The van der Waals surface area contributed by atoms with Crippen LogP contribution >= 0.6 is 22.9 Å². The van der Waals surface area contributed by atoms with Crippen LogP contribution in [0.5, 0.6) is 5.88 Å². The predicted molar refractivity (Wildman–Crippen MR) is 109 cm³/mol. The molecule has 0 saturated carbocycles. The normalized spacial score (nSPS) is 12.6. The number of halogens is 4. The summed E-state index contributed by atoms with van der Waals surface area (Å²) in [6, 6.07) is 2.84. The fraction of sp³-hybridized carbons (Fsp3) is 0.333. The average molecular weight is 476 g/mol. The number of thiophene rings is 1. The summed E-state index contributed by atoms with van der Waals surface area (Å²) in [4.78, 5) is 29.1. The number of nitrogens with zero attached hydrogens (tertiary/aromatic N) is 4. The molecule has 13 heteroatoms.